The number of aromatic nitrogens is 2. The van der Waals surface area contributed by atoms with Crippen LogP contribution in [0, 0.1) is 6.92 Å². The maximum absolute atomic E-state index is 4.72. The van der Waals surface area contributed by atoms with E-state index in [-0.39, 0.29) is 0 Å². The predicted molar refractivity (Wildman–Crippen MR) is 85.6 cm³/mol. The lowest BCUT2D eigenvalue weighted by Crippen LogP contribution is -2.47. The standard InChI is InChI=1S/C16H27N5/c1-3-6-17-11-14-12-18-16(19-13(14)2)21-9-7-20(8-10-21)15-4-5-15/h12,15,17H,3-11H2,1-2H3. The first-order valence-electron chi connectivity index (χ1n) is 8.30. The first-order chi connectivity index (χ1) is 10.3. The molecule has 2 fully saturated rings. The van der Waals surface area contributed by atoms with E-state index < -0.39 is 0 Å². The van der Waals surface area contributed by atoms with Crippen molar-refractivity contribution in [3.8, 4) is 0 Å². The third-order valence-corrected chi connectivity index (χ3v) is 4.47. The highest BCUT2D eigenvalue weighted by atomic mass is 15.3. The summed E-state index contributed by atoms with van der Waals surface area (Å²) in [5, 5.41) is 3.42. The van der Waals surface area contributed by atoms with E-state index in [2.05, 4.69) is 33.9 Å². The SMILES string of the molecule is CCCNCc1cnc(N2CCN(C3CC3)CC2)nc1C. The van der Waals surface area contributed by atoms with Gasteiger partial charge < -0.3 is 10.2 Å². The van der Waals surface area contributed by atoms with Crippen molar-refractivity contribution >= 4 is 5.95 Å². The second-order valence-corrected chi connectivity index (χ2v) is 6.21. The molecule has 1 N–H and O–H groups in total. The van der Waals surface area contributed by atoms with E-state index in [0.29, 0.717) is 0 Å². The summed E-state index contributed by atoms with van der Waals surface area (Å²) < 4.78 is 0. The fraction of sp³-hybridized carbons (Fsp3) is 0.750. The fourth-order valence-electron chi connectivity index (χ4n) is 2.93. The number of nitrogens with zero attached hydrogens (tertiary/aromatic N) is 4. The third kappa shape index (κ3) is 3.71. The van der Waals surface area contributed by atoms with Crippen LogP contribution < -0.4 is 10.2 Å². The summed E-state index contributed by atoms with van der Waals surface area (Å²) in [6.45, 7) is 10.6. The molecular weight excluding hydrogens is 262 g/mol. The topological polar surface area (TPSA) is 44.3 Å². The van der Waals surface area contributed by atoms with Gasteiger partial charge >= 0.3 is 0 Å². The van der Waals surface area contributed by atoms with Crippen LogP contribution in [0.3, 0.4) is 0 Å². The minimum Gasteiger partial charge on any atom is -0.338 e. The molecule has 0 atom stereocenters. The summed E-state index contributed by atoms with van der Waals surface area (Å²) in [7, 11) is 0. The summed E-state index contributed by atoms with van der Waals surface area (Å²) in [6.07, 6.45) is 5.95. The second-order valence-electron chi connectivity index (χ2n) is 6.21. The fourth-order valence-corrected chi connectivity index (χ4v) is 2.93. The highest BCUT2D eigenvalue weighted by Gasteiger charge is 2.31. The Kier molecular flexibility index (Phi) is 4.70. The largest absolute Gasteiger partial charge is 0.338 e. The van der Waals surface area contributed by atoms with Crippen LogP contribution in [0.4, 0.5) is 5.95 Å². The van der Waals surface area contributed by atoms with E-state index in [1.807, 2.05) is 6.20 Å². The number of rotatable bonds is 6. The summed E-state index contributed by atoms with van der Waals surface area (Å²) in [5.74, 6) is 0.905. The van der Waals surface area contributed by atoms with Gasteiger partial charge in [0, 0.05) is 56.2 Å². The van der Waals surface area contributed by atoms with E-state index in [1.54, 1.807) is 0 Å². The van der Waals surface area contributed by atoms with Gasteiger partial charge in [-0.05, 0) is 32.7 Å². The molecule has 1 aromatic rings. The Hall–Kier alpha value is -1.20. The Morgan fingerprint density at radius 1 is 1.24 bits per heavy atom. The predicted octanol–water partition coefficient (Wildman–Crippen LogP) is 1.57. The molecule has 0 amide bonds. The van der Waals surface area contributed by atoms with Crippen molar-refractivity contribution < 1.29 is 0 Å². The summed E-state index contributed by atoms with van der Waals surface area (Å²) in [6, 6.07) is 0.877. The van der Waals surface area contributed by atoms with Gasteiger partial charge in [0.05, 0.1) is 0 Å². The first-order valence-corrected chi connectivity index (χ1v) is 8.30. The molecule has 0 spiro atoms. The lowest BCUT2D eigenvalue weighted by atomic mass is 10.2. The van der Waals surface area contributed by atoms with Gasteiger partial charge in [-0.3, -0.25) is 4.90 Å². The molecule has 1 saturated heterocycles. The molecule has 5 nitrogen and oxygen atoms in total. The molecule has 1 aromatic heterocycles. The van der Waals surface area contributed by atoms with Crippen molar-refractivity contribution in [3.63, 3.8) is 0 Å². The maximum atomic E-state index is 4.72. The van der Waals surface area contributed by atoms with Gasteiger partial charge in [-0.15, -0.1) is 0 Å². The van der Waals surface area contributed by atoms with Crippen LogP contribution in [0.5, 0.6) is 0 Å². The minimum absolute atomic E-state index is 0.870. The second kappa shape index (κ2) is 6.71. The van der Waals surface area contributed by atoms with Crippen LogP contribution in [0.1, 0.15) is 37.4 Å². The molecule has 2 aliphatic rings. The number of aryl methyl sites for hydroxylation is 1. The molecule has 116 valence electrons. The Morgan fingerprint density at radius 3 is 2.62 bits per heavy atom. The number of hydrogen-bond donors (Lipinski definition) is 1. The van der Waals surface area contributed by atoms with Crippen molar-refractivity contribution in [2.75, 3.05) is 37.6 Å². The molecule has 5 heteroatoms. The van der Waals surface area contributed by atoms with Crippen LogP contribution in [0.2, 0.25) is 0 Å². The quantitative estimate of drug-likeness (QED) is 0.805. The van der Waals surface area contributed by atoms with E-state index >= 15 is 0 Å². The van der Waals surface area contributed by atoms with Gasteiger partial charge in [-0.25, -0.2) is 9.97 Å². The van der Waals surface area contributed by atoms with E-state index in [4.69, 9.17) is 4.98 Å². The maximum Gasteiger partial charge on any atom is 0.225 e. The van der Waals surface area contributed by atoms with Crippen LogP contribution in [0.25, 0.3) is 0 Å². The molecule has 0 radical (unpaired) electrons. The van der Waals surface area contributed by atoms with Gasteiger partial charge in [0.1, 0.15) is 0 Å². The Balaban J connectivity index is 1.57. The van der Waals surface area contributed by atoms with Crippen LogP contribution in [-0.4, -0.2) is 53.6 Å². The molecule has 0 aromatic carbocycles. The van der Waals surface area contributed by atoms with Crippen molar-refractivity contribution in [2.24, 2.45) is 0 Å². The molecule has 1 aliphatic carbocycles. The van der Waals surface area contributed by atoms with Gasteiger partial charge in [0.2, 0.25) is 5.95 Å². The first kappa shape index (κ1) is 14.7. The number of hydrogen-bond acceptors (Lipinski definition) is 5. The van der Waals surface area contributed by atoms with Crippen LogP contribution in [-0.2, 0) is 6.54 Å². The number of nitrogens with one attached hydrogen (secondary N) is 1. The van der Waals surface area contributed by atoms with Gasteiger partial charge in [0.25, 0.3) is 0 Å². The zero-order valence-electron chi connectivity index (χ0n) is 13.3. The highest BCUT2D eigenvalue weighted by molar-refractivity contribution is 5.33. The number of piperazine rings is 1. The van der Waals surface area contributed by atoms with E-state index in [0.717, 1.165) is 63.4 Å². The van der Waals surface area contributed by atoms with Crippen molar-refractivity contribution in [3.05, 3.63) is 17.5 Å². The van der Waals surface area contributed by atoms with E-state index in [9.17, 15) is 0 Å². The van der Waals surface area contributed by atoms with E-state index in [1.165, 1.54) is 18.4 Å². The summed E-state index contributed by atoms with van der Waals surface area (Å²) >= 11 is 0. The molecule has 3 rings (SSSR count). The normalized spacial score (nSPS) is 20.0. The Bertz CT molecular complexity index is 464. The monoisotopic (exact) mass is 289 g/mol. The van der Waals surface area contributed by atoms with Crippen molar-refractivity contribution in [2.45, 2.75) is 45.7 Å². The minimum atomic E-state index is 0.870. The Labute approximate surface area is 127 Å². The molecule has 0 bridgehead atoms. The molecule has 2 heterocycles. The highest BCUT2D eigenvalue weighted by Crippen LogP contribution is 2.28. The summed E-state index contributed by atoms with van der Waals surface area (Å²) in [5.41, 5.74) is 2.32. The lowest BCUT2D eigenvalue weighted by molar-refractivity contribution is 0.247. The number of anilines is 1. The van der Waals surface area contributed by atoms with Crippen molar-refractivity contribution in [1.82, 2.24) is 20.2 Å². The van der Waals surface area contributed by atoms with Gasteiger partial charge in [-0.2, -0.15) is 0 Å². The molecular formula is C16H27N5. The van der Waals surface area contributed by atoms with Crippen molar-refractivity contribution in [1.29, 1.82) is 0 Å². The average Bonchev–Trinajstić information content (AvgIpc) is 3.34. The molecule has 1 aliphatic heterocycles. The van der Waals surface area contributed by atoms with Gasteiger partial charge in [0.15, 0.2) is 0 Å². The van der Waals surface area contributed by atoms with Crippen LogP contribution >= 0.6 is 0 Å². The molecule has 21 heavy (non-hydrogen) atoms. The molecule has 1 saturated carbocycles. The Morgan fingerprint density at radius 2 is 2.00 bits per heavy atom. The molecule has 0 unspecified atom stereocenters. The lowest BCUT2D eigenvalue weighted by Gasteiger charge is -2.34. The van der Waals surface area contributed by atoms with Crippen LogP contribution in [0.15, 0.2) is 6.20 Å². The smallest absolute Gasteiger partial charge is 0.225 e. The van der Waals surface area contributed by atoms with Gasteiger partial charge in [-0.1, -0.05) is 6.92 Å². The zero-order valence-corrected chi connectivity index (χ0v) is 13.3. The average molecular weight is 289 g/mol. The zero-order chi connectivity index (χ0) is 14.7. The third-order valence-electron chi connectivity index (χ3n) is 4.47. The summed E-state index contributed by atoms with van der Waals surface area (Å²) in [4.78, 5) is 14.2.